The molecule has 1 heterocycles. The lowest BCUT2D eigenvalue weighted by molar-refractivity contribution is 0.0665. The molecule has 0 aliphatic carbocycles. The van der Waals surface area contributed by atoms with E-state index in [4.69, 9.17) is 15.0 Å². The molecular formula is C14H18FN3O2. The molecule has 0 bridgehead atoms. The summed E-state index contributed by atoms with van der Waals surface area (Å²) in [6.07, 6.45) is 0.0821. The number of aromatic nitrogens is 2. The quantitative estimate of drug-likeness (QED) is 0.910. The standard InChI is InChI=1S/C14H18FN3O2/c1-8(2)19-7-12(16)13-17-14(20-18-13)10-5-4-9(3)11(15)6-10/h4-6,8,12H,7,16H2,1-3H3. The largest absolute Gasteiger partial charge is 0.377 e. The fraction of sp³-hybridized carbons (Fsp3) is 0.429. The second-order valence-corrected chi connectivity index (χ2v) is 4.91. The van der Waals surface area contributed by atoms with Crippen molar-refractivity contribution in [3.63, 3.8) is 0 Å². The minimum Gasteiger partial charge on any atom is -0.377 e. The Hall–Kier alpha value is -1.79. The third-order valence-electron chi connectivity index (χ3n) is 2.80. The van der Waals surface area contributed by atoms with Crippen LogP contribution in [0.1, 0.15) is 31.3 Å². The Kier molecular flexibility index (Phi) is 4.46. The van der Waals surface area contributed by atoms with Crippen LogP contribution >= 0.6 is 0 Å². The molecule has 1 aromatic heterocycles. The Bertz CT molecular complexity index is 584. The molecule has 0 spiro atoms. The van der Waals surface area contributed by atoms with Crippen LogP contribution in [0.4, 0.5) is 4.39 Å². The molecule has 1 unspecified atom stereocenters. The molecule has 0 radical (unpaired) electrons. The smallest absolute Gasteiger partial charge is 0.258 e. The fourth-order valence-electron chi connectivity index (χ4n) is 1.60. The summed E-state index contributed by atoms with van der Waals surface area (Å²) < 4.78 is 24.0. The zero-order valence-electron chi connectivity index (χ0n) is 11.8. The van der Waals surface area contributed by atoms with E-state index in [-0.39, 0.29) is 17.8 Å². The van der Waals surface area contributed by atoms with Crippen molar-refractivity contribution in [2.75, 3.05) is 6.61 Å². The molecular weight excluding hydrogens is 261 g/mol. The summed E-state index contributed by atoms with van der Waals surface area (Å²) in [7, 11) is 0. The van der Waals surface area contributed by atoms with Crippen LogP contribution < -0.4 is 5.73 Å². The Morgan fingerprint density at radius 1 is 1.40 bits per heavy atom. The monoisotopic (exact) mass is 279 g/mol. The average Bonchev–Trinajstić information content (AvgIpc) is 2.89. The van der Waals surface area contributed by atoms with E-state index in [1.807, 2.05) is 13.8 Å². The lowest BCUT2D eigenvalue weighted by Gasteiger charge is -2.10. The second kappa shape index (κ2) is 6.11. The molecule has 2 aromatic rings. The normalized spacial score (nSPS) is 12.9. The Balaban J connectivity index is 2.13. The topological polar surface area (TPSA) is 74.2 Å². The SMILES string of the molecule is Cc1ccc(-c2nc(C(N)COC(C)C)no2)cc1F. The highest BCUT2D eigenvalue weighted by atomic mass is 19.1. The van der Waals surface area contributed by atoms with Crippen LogP contribution in [0.15, 0.2) is 22.7 Å². The second-order valence-electron chi connectivity index (χ2n) is 4.91. The maximum absolute atomic E-state index is 13.5. The summed E-state index contributed by atoms with van der Waals surface area (Å²) in [5.41, 5.74) is 7.00. The van der Waals surface area contributed by atoms with E-state index in [2.05, 4.69) is 10.1 Å². The fourth-order valence-corrected chi connectivity index (χ4v) is 1.60. The highest BCUT2D eigenvalue weighted by Gasteiger charge is 2.16. The molecule has 2 rings (SSSR count). The molecule has 2 N–H and O–H groups in total. The number of nitrogens with zero attached hydrogens (tertiary/aromatic N) is 2. The zero-order valence-corrected chi connectivity index (χ0v) is 11.8. The van der Waals surface area contributed by atoms with Gasteiger partial charge in [0.1, 0.15) is 5.82 Å². The summed E-state index contributed by atoms with van der Waals surface area (Å²) in [6, 6.07) is 4.29. The average molecular weight is 279 g/mol. The molecule has 0 saturated carbocycles. The molecule has 0 saturated heterocycles. The van der Waals surface area contributed by atoms with Gasteiger partial charge in [-0.2, -0.15) is 4.98 Å². The number of ether oxygens (including phenoxy) is 1. The van der Waals surface area contributed by atoms with Crippen LogP contribution in [-0.4, -0.2) is 22.9 Å². The van der Waals surface area contributed by atoms with Crippen molar-refractivity contribution in [2.45, 2.75) is 32.9 Å². The number of hydrogen-bond acceptors (Lipinski definition) is 5. The van der Waals surface area contributed by atoms with Crippen molar-refractivity contribution in [3.05, 3.63) is 35.4 Å². The first-order chi connectivity index (χ1) is 9.47. The van der Waals surface area contributed by atoms with Crippen LogP contribution in [0.5, 0.6) is 0 Å². The molecule has 0 amide bonds. The maximum Gasteiger partial charge on any atom is 0.258 e. The van der Waals surface area contributed by atoms with Crippen LogP contribution in [0, 0.1) is 12.7 Å². The zero-order chi connectivity index (χ0) is 14.7. The molecule has 20 heavy (non-hydrogen) atoms. The first-order valence-corrected chi connectivity index (χ1v) is 6.44. The van der Waals surface area contributed by atoms with Crippen LogP contribution in [0.2, 0.25) is 0 Å². The molecule has 1 aromatic carbocycles. The van der Waals surface area contributed by atoms with Gasteiger partial charge in [-0.25, -0.2) is 4.39 Å². The van der Waals surface area contributed by atoms with Gasteiger partial charge in [0.05, 0.1) is 18.8 Å². The van der Waals surface area contributed by atoms with Crippen LogP contribution in [0.3, 0.4) is 0 Å². The highest BCUT2D eigenvalue weighted by molar-refractivity contribution is 5.53. The van der Waals surface area contributed by atoms with Crippen LogP contribution in [0.25, 0.3) is 11.5 Å². The van der Waals surface area contributed by atoms with Crippen molar-refractivity contribution < 1.29 is 13.7 Å². The first kappa shape index (κ1) is 14.6. The van der Waals surface area contributed by atoms with Gasteiger partial charge in [-0.15, -0.1) is 0 Å². The van der Waals surface area contributed by atoms with Gasteiger partial charge < -0.3 is 15.0 Å². The van der Waals surface area contributed by atoms with E-state index in [0.717, 1.165) is 0 Å². The lowest BCUT2D eigenvalue weighted by atomic mass is 10.1. The number of halogens is 1. The van der Waals surface area contributed by atoms with E-state index in [9.17, 15) is 4.39 Å². The third kappa shape index (κ3) is 3.40. The van der Waals surface area contributed by atoms with E-state index < -0.39 is 6.04 Å². The molecule has 0 fully saturated rings. The van der Waals surface area contributed by atoms with Gasteiger partial charge >= 0.3 is 0 Å². The van der Waals surface area contributed by atoms with Crippen molar-refractivity contribution in [1.82, 2.24) is 10.1 Å². The first-order valence-electron chi connectivity index (χ1n) is 6.44. The predicted molar refractivity (Wildman–Crippen MR) is 72.4 cm³/mol. The van der Waals surface area contributed by atoms with E-state index >= 15 is 0 Å². The van der Waals surface area contributed by atoms with Gasteiger partial charge in [0.15, 0.2) is 5.82 Å². The lowest BCUT2D eigenvalue weighted by Crippen LogP contribution is -2.20. The van der Waals surface area contributed by atoms with Gasteiger partial charge in [0, 0.05) is 5.56 Å². The van der Waals surface area contributed by atoms with Gasteiger partial charge in [0.2, 0.25) is 0 Å². The molecule has 0 aliphatic heterocycles. The molecule has 6 heteroatoms. The summed E-state index contributed by atoms with van der Waals surface area (Å²) >= 11 is 0. The predicted octanol–water partition coefficient (Wildman–Crippen LogP) is 2.61. The number of benzene rings is 1. The van der Waals surface area contributed by atoms with E-state index in [0.29, 0.717) is 23.6 Å². The summed E-state index contributed by atoms with van der Waals surface area (Å²) in [5.74, 6) is 0.287. The number of rotatable bonds is 5. The van der Waals surface area contributed by atoms with Crippen molar-refractivity contribution in [2.24, 2.45) is 5.73 Å². The summed E-state index contributed by atoms with van der Waals surface area (Å²) in [6.45, 7) is 5.84. The number of nitrogens with two attached hydrogens (primary N) is 1. The molecule has 5 nitrogen and oxygen atoms in total. The Morgan fingerprint density at radius 3 is 2.80 bits per heavy atom. The number of aryl methyl sites for hydroxylation is 1. The van der Waals surface area contributed by atoms with Gasteiger partial charge in [0.25, 0.3) is 5.89 Å². The summed E-state index contributed by atoms with van der Waals surface area (Å²) in [5, 5.41) is 3.81. The van der Waals surface area contributed by atoms with Gasteiger partial charge in [-0.05, 0) is 38.5 Å². The Labute approximate surface area is 116 Å². The summed E-state index contributed by atoms with van der Waals surface area (Å²) in [4.78, 5) is 4.18. The minimum absolute atomic E-state index is 0.0821. The van der Waals surface area contributed by atoms with Crippen molar-refractivity contribution in [1.29, 1.82) is 0 Å². The molecule has 0 aliphatic rings. The van der Waals surface area contributed by atoms with E-state index in [1.165, 1.54) is 6.07 Å². The molecule has 108 valence electrons. The van der Waals surface area contributed by atoms with Gasteiger partial charge in [-0.3, -0.25) is 0 Å². The van der Waals surface area contributed by atoms with Crippen molar-refractivity contribution >= 4 is 0 Å². The molecule has 1 atom stereocenters. The van der Waals surface area contributed by atoms with E-state index in [1.54, 1.807) is 19.1 Å². The number of hydrogen-bond donors (Lipinski definition) is 1. The van der Waals surface area contributed by atoms with Crippen LogP contribution in [-0.2, 0) is 4.74 Å². The maximum atomic E-state index is 13.5. The highest BCUT2D eigenvalue weighted by Crippen LogP contribution is 2.21. The third-order valence-corrected chi connectivity index (χ3v) is 2.80. The van der Waals surface area contributed by atoms with Crippen molar-refractivity contribution in [3.8, 4) is 11.5 Å². The Morgan fingerprint density at radius 2 is 2.15 bits per heavy atom. The van der Waals surface area contributed by atoms with Gasteiger partial charge in [-0.1, -0.05) is 11.2 Å². The minimum atomic E-state index is -0.467.